The second kappa shape index (κ2) is 5.51. The Bertz CT molecular complexity index is 663. The Kier molecular flexibility index (Phi) is 3.79. The standard InChI is InChI=1S/C13H14N2O4/c1-3-18-12(17)8-19-10-5-4-6-15-11(16)7-9(2)14-13(10)15/h4-7H,3,8H2,1-2H3. The van der Waals surface area contributed by atoms with Crippen molar-refractivity contribution >= 4 is 11.6 Å². The molecule has 0 aromatic carbocycles. The zero-order chi connectivity index (χ0) is 13.8. The summed E-state index contributed by atoms with van der Waals surface area (Å²) in [6.07, 6.45) is 1.60. The lowest BCUT2D eigenvalue weighted by Crippen LogP contribution is -2.18. The van der Waals surface area contributed by atoms with Gasteiger partial charge in [-0.2, -0.15) is 0 Å². The average Bonchev–Trinajstić information content (AvgIpc) is 2.36. The van der Waals surface area contributed by atoms with Gasteiger partial charge in [-0.3, -0.25) is 9.20 Å². The zero-order valence-corrected chi connectivity index (χ0v) is 10.8. The number of carbonyl (C=O) groups excluding carboxylic acids is 1. The highest BCUT2D eigenvalue weighted by Gasteiger charge is 2.08. The maximum Gasteiger partial charge on any atom is 0.344 e. The van der Waals surface area contributed by atoms with Crippen LogP contribution in [0.1, 0.15) is 12.6 Å². The van der Waals surface area contributed by atoms with E-state index in [4.69, 9.17) is 9.47 Å². The van der Waals surface area contributed by atoms with Gasteiger partial charge in [-0.25, -0.2) is 9.78 Å². The van der Waals surface area contributed by atoms with Crippen molar-refractivity contribution in [3.05, 3.63) is 40.4 Å². The van der Waals surface area contributed by atoms with Crippen LogP contribution in [-0.2, 0) is 9.53 Å². The van der Waals surface area contributed by atoms with Crippen LogP contribution in [0.25, 0.3) is 5.65 Å². The van der Waals surface area contributed by atoms with Crippen molar-refractivity contribution in [2.75, 3.05) is 13.2 Å². The monoisotopic (exact) mass is 262 g/mol. The summed E-state index contributed by atoms with van der Waals surface area (Å²) in [5, 5.41) is 0. The van der Waals surface area contributed by atoms with Gasteiger partial charge in [-0.1, -0.05) is 0 Å². The largest absolute Gasteiger partial charge is 0.478 e. The van der Waals surface area contributed by atoms with Gasteiger partial charge >= 0.3 is 5.97 Å². The van der Waals surface area contributed by atoms with Crippen LogP contribution in [0.4, 0.5) is 0 Å². The smallest absolute Gasteiger partial charge is 0.344 e. The van der Waals surface area contributed by atoms with Gasteiger partial charge in [-0.05, 0) is 26.0 Å². The number of rotatable bonds is 4. The number of fused-ring (bicyclic) bond motifs is 1. The number of carbonyl (C=O) groups is 1. The van der Waals surface area contributed by atoms with Gasteiger partial charge in [-0.15, -0.1) is 0 Å². The molecule has 2 heterocycles. The molecule has 100 valence electrons. The summed E-state index contributed by atoms with van der Waals surface area (Å²) >= 11 is 0. The molecule has 0 saturated heterocycles. The zero-order valence-electron chi connectivity index (χ0n) is 10.8. The van der Waals surface area contributed by atoms with E-state index in [9.17, 15) is 9.59 Å². The van der Waals surface area contributed by atoms with E-state index in [-0.39, 0.29) is 12.2 Å². The van der Waals surface area contributed by atoms with E-state index in [2.05, 4.69) is 4.98 Å². The van der Waals surface area contributed by atoms with E-state index in [1.54, 1.807) is 32.2 Å². The van der Waals surface area contributed by atoms with Crippen LogP contribution in [-0.4, -0.2) is 28.6 Å². The Labute approximate surface area is 109 Å². The molecule has 0 unspecified atom stereocenters. The lowest BCUT2D eigenvalue weighted by molar-refractivity contribution is -0.145. The minimum atomic E-state index is -0.459. The third-order valence-electron chi connectivity index (χ3n) is 2.43. The van der Waals surface area contributed by atoms with Crippen molar-refractivity contribution in [1.29, 1.82) is 0 Å². The van der Waals surface area contributed by atoms with Crippen LogP contribution in [0.3, 0.4) is 0 Å². The molecule has 2 aromatic rings. The van der Waals surface area contributed by atoms with Crippen molar-refractivity contribution in [3.8, 4) is 5.75 Å². The fourth-order valence-electron chi connectivity index (χ4n) is 1.67. The second-order valence-corrected chi connectivity index (χ2v) is 3.90. The second-order valence-electron chi connectivity index (χ2n) is 3.90. The minimum Gasteiger partial charge on any atom is -0.478 e. The summed E-state index contributed by atoms with van der Waals surface area (Å²) in [4.78, 5) is 27.3. The molecule has 0 spiro atoms. The van der Waals surface area contributed by atoms with E-state index in [1.165, 1.54) is 10.5 Å². The summed E-state index contributed by atoms with van der Waals surface area (Å²) in [5.74, 6) is -0.0872. The fourth-order valence-corrected chi connectivity index (χ4v) is 1.67. The first-order valence-electron chi connectivity index (χ1n) is 5.89. The molecule has 0 radical (unpaired) electrons. The van der Waals surface area contributed by atoms with Gasteiger partial charge in [0.2, 0.25) is 0 Å². The lowest BCUT2D eigenvalue weighted by atomic mass is 10.4. The normalized spacial score (nSPS) is 10.4. The Hall–Kier alpha value is -2.37. The maximum atomic E-state index is 11.8. The van der Waals surface area contributed by atoms with Crippen molar-refractivity contribution in [2.45, 2.75) is 13.8 Å². The van der Waals surface area contributed by atoms with E-state index in [0.717, 1.165) is 0 Å². The molecule has 0 atom stereocenters. The Morgan fingerprint density at radius 3 is 3.00 bits per heavy atom. The number of aromatic nitrogens is 2. The van der Waals surface area contributed by atoms with Gasteiger partial charge < -0.3 is 9.47 Å². The molecule has 0 amide bonds. The molecule has 0 bridgehead atoms. The van der Waals surface area contributed by atoms with Crippen LogP contribution in [0.15, 0.2) is 29.2 Å². The lowest BCUT2D eigenvalue weighted by Gasteiger charge is -2.09. The molecule has 0 fully saturated rings. The summed E-state index contributed by atoms with van der Waals surface area (Å²) in [6.45, 7) is 3.54. The average molecular weight is 262 g/mol. The number of hydrogen-bond donors (Lipinski definition) is 0. The number of hydrogen-bond acceptors (Lipinski definition) is 5. The van der Waals surface area contributed by atoms with Gasteiger partial charge in [0.05, 0.1) is 6.61 Å². The van der Waals surface area contributed by atoms with Gasteiger partial charge in [0.1, 0.15) is 0 Å². The number of aryl methyl sites for hydroxylation is 1. The Morgan fingerprint density at radius 2 is 2.26 bits per heavy atom. The number of esters is 1. The molecule has 6 heteroatoms. The Balaban J connectivity index is 2.33. The van der Waals surface area contributed by atoms with Crippen molar-refractivity contribution in [1.82, 2.24) is 9.38 Å². The first-order chi connectivity index (χ1) is 9.11. The molecule has 0 aliphatic heterocycles. The van der Waals surface area contributed by atoms with Crippen LogP contribution in [0.5, 0.6) is 5.75 Å². The first-order valence-corrected chi connectivity index (χ1v) is 5.89. The maximum absolute atomic E-state index is 11.8. The predicted molar refractivity (Wildman–Crippen MR) is 68.3 cm³/mol. The minimum absolute atomic E-state index is 0.191. The highest BCUT2D eigenvalue weighted by molar-refractivity contribution is 5.71. The molecule has 6 nitrogen and oxygen atoms in total. The molecule has 0 aliphatic carbocycles. The van der Waals surface area contributed by atoms with E-state index in [1.807, 2.05) is 0 Å². The van der Waals surface area contributed by atoms with E-state index in [0.29, 0.717) is 23.7 Å². The summed E-state index contributed by atoms with van der Waals surface area (Å²) in [7, 11) is 0. The van der Waals surface area contributed by atoms with Gasteiger partial charge in [0.25, 0.3) is 5.56 Å². The molecule has 2 aromatic heterocycles. The first kappa shape index (κ1) is 13.1. The fraction of sp³-hybridized carbons (Fsp3) is 0.308. The van der Waals surface area contributed by atoms with Crippen molar-refractivity contribution in [3.63, 3.8) is 0 Å². The Morgan fingerprint density at radius 1 is 1.47 bits per heavy atom. The number of ether oxygens (including phenoxy) is 2. The van der Waals surface area contributed by atoms with Crippen LogP contribution < -0.4 is 10.3 Å². The highest BCUT2D eigenvalue weighted by atomic mass is 16.6. The molecule has 0 saturated carbocycles. The predicted octanol–water partition coefficient (Wildman–Crippen LogP) is 0.945. The SMILES string of the molecule is CCOC(=O)COc1cccn2c(=O)cc(C)nc12. The van der Waals surface area contributed by atoms with E-state index < -0.39 is 5.97 Å². The number of nitrogens with zero attached hydrogens (tertiary/aromatic N) is 2. The van der Waals surface area contributed by atoms with E-state index >= 15 is 0 Å². The molecule has 0 aliphatic rings. The summed E-state index contributed by atoms with van der Waals surface area (Å²) < 4.78 is 11.5. The van der Waals surface area contributed by atoms with Gasteiger partial charge in [0, 0.05) is 18.0 Å². The van der Waals surface area contributed by atoms with Crippen LogP contribution in [0.2, 0.25) is 0 Å². The third kappa shape index (κ3) is 2.90. The quantitative estimate of drug-likeness (QED) is 0.767. The summed E-state index contributed by atoms with van der Waals surface area (Å²) in [5.41, 5.74) is 0.790. The van der Waals surface area contributed by atoms with Gasteiger partial charge in [0.15, 0.2) is 18.0 Å². The topological polar surface area (TPSA) is 69.9 Å². The molecular formula is C13H14N2O4. The molecular weight excluding hydrogens is 248 g/mol. The molecule has 0 N–H and O–H groups in total. The van der Waals surface area contributed by atoms with Crippen molar-refractivity contribution < 1.29 is 14.3 Å². The molecule has 2 rings (SSSR count). The van der Waals surface area contributed by atoms with Crippen LogP contribution in [0, 0.1) is 6.92 Å². The third-order valence-corrected chi connectivity index (χ3v) is 2.43. The van der Waals surface area contributed by atoms with Crippen LogP contribution >= 0.6 is 0 Å². The summed E-state index contributed by atoms with van der Waals surface area (Å²) in [6, 6.07) is 4.74. The van der Waals surface area contributed by atoms with Crippen molar-refractivity contribution in [2.24, 2.45) is 0 Å². The highest BCUT2D eigenvalue weighted by Crippen LogP contribution is 2.16. The molecule has 19 heavy (non-hydrogen) atoms. The number of pyridine rings is 1.